The molecule has 0 spiro atoms. The summed E-state index contributed by atoms with van der Waals surface area (Å²) < 4.78 is 3.91. The Balaban J connectivity index is 0.00000256. The average molecular weight is 533 g/mol. The zero-order valence-electron chi connectivity index (χ0n) is 18.0. The molecule has 0 saturated carbocycles. The lowest BCUT2D eigenvalue weighted by Crippen LogP contribution is -3.00. The van der Waals surface area contributed by atoms with Gasteiger partial charge in [0.25, 0.3) is 5.01 Å². The van der Waals surface area contributed by atoms with Crippen molar-refractivity contribution >= 4 is 39.4 Å². The van der Waals surface area contributed by atoms with E-state index in [1.54, 1.807) is 0 Å². The van der Waals surface area contributed by atoms with Crippen molar-refractivity contribution in [2.75, 3.05) is 18.0 Å². The molecule has 0 radical (unpaired) electrons. The molecule has 0 N–H and O–H groups in total. The van der Waals surface area contributed by atoms with Crippen LogP contribution in [-0.4, -0.2) is 13.1 Å². The second-order valence-corrected chi connectivity index (χ2v) is 9.12. The number of aryl methyl sites for hydroxylation is 1. The second kappa shape index (κ2) is 11.8. The topological polar surface area (TPSA) is 7.12 Å². The molecule has 0 unspecified atom stereocenters. The number of anilines is 1. The van der Waals surface area contributed by atoms with Crippen molar-refractivity contribution in [3.05, 3.63) is 59.1 Å². The molecule has 4 rings (SSSR count). The number of benzene rings is 2. The van der Waals surface area contributed by atoms with Crippen molar-refractivity contribution in [3.63, 3.8) is 0 Å². The number of nitrogens with zero attached hydrogens (tertiary/aromatic N) is 2. The summed E-state index contributed by atoms with van der Waals surface area (Å²) in [6, 6.07) is 17.7. The molecule has 1 fully saturated rings. The largest absolute Gasteiger partial charge is 1.00 e. The van der Waals surface area contributed by atoms with Crippen molar-refractivity contribution in [3.8, 4) is 0 Å². The number of thiazole rings is 1. The van der Waals surface area contributed by atoms with Crippen molar-refractivity contribution in [2.45, 2.75) is 58.4 Å². The number of unbranched alkanes of at least 4 members (excludes halogenated alkanes) is 4. The molecule has 0 bridgehead atoms. The highest BCUT2D eigenvalue weighted by atomic mass is 127. The molecule has 0 amide bonds. The fourth-order valence-corrected chi connectivity index (χ4v) is 5.41. The van der Waals surface area contributed by atoms with Gasteiger partial charge in [-0.15, -0.1) is 0 Å². The van der Waals surface area contributed by atoms with Gasteiger partial charge < -0.3 is 28.9 Å². The SMILES string of the molecule is CCCCCCC[n+]1c(C=Cc2ccccc2N2CCCC2)sc2ccccc21.[I-]. The monoisotopic (exact) mass is 532 g/mol. The minimum Gasteiger partial charge on any atom is -1.00 e. The third kappa shape index (κ3) is 5.64. The van der Waals surface area contributed by atoms with Crippen LogP contribution in [0.4, 0.5) is 5.69 Å². The zero-order chi connectivity index (χ0) is 19.9. The first-order chi connectivity index (χ1) is 14.4. The third-order valence-corrected chi connectivity index (χ3v) is 7.04. The molecule has 2 heterocycles. The molecule has 160 valence electrons. The summed E-state index contributed by atoms with van der Waals surface area (Å²) in [5.41, 5.74) is 4.09. The summed E-state index contributed by atoms with van der Waals surface area (Å²) in [4.78, 5) is 2.53. The lowest BCUT2D eigenvalue weighted by molar-refractivity contribution is -0.669. The average Bonchev–Trinajstić information content (AvgIpc) is 3.41. The Hall–Kier alpha value is -1.40. The quantitative estimate of drug-likeness (QED) is 0.230. The highest BCUT2D eigenvalue weighted by Crippen LogP contribution is 2.27. The van der Waals surface area contributed by atoms with Crippen LogP contribution in [0.15, 0.2) is 48.5 Å². The van der Waals surface area contributed by atoms with Gasteiger partial charge in [-0.25, -0.2) is 0 Å². The van der Waals surface area contributed by atoms with E-state index >= 15 is 0 Å². The first-order valence-corrected chi connectivity index (χ1v) is 12.1. The normalized spacial score (nSPS) is 14.0. The molecule has 0 aliphatic carbocycles. The van der Waals surface area contributed by atoms with E-state index in [1.807, 2.05) is 11.3 Å². The summed E-state index contributed by atoms with van der Waals surface area (Å²) >= 11 is 1.91. The van der Waals surface area contributed by atoms with Crippen LogP contribution >= 0.6 is 11.3 Å². The fraction of sp³-hybridized carbons (Fsp3) is 0.423. The van der Waals surface area contributed by atoms with Crippen LogP contribution < -0.4 is 33.4 Å². The molecule has 0 atom stereocenters. The minimum atomic E-state index is 0. The summed E-state index contributed by atoms with van der Waals surface area (Å²) in [6.45, 7) is 5.77. The highest BCUT2D eigenvalue weighted by molar-refractivity contribution is 7.18. The van der Waals surface area contributed by atoms with Crippen LogP contribution in [-0.2, 0) is 6.54 Å². The zero-order valence-corrected chi connectivity index (χ0v) is 21.0. The van der Waals surface area contributed by atoms with E-state index in [4.69, 9.17) is 0 Å². The van der Waals surface area contributed by atoms with Gasteiger partial charge in [-0.05, 0) is 43.0 Å². The Morgan fingerprint density at radius 2 is 1.63 bits per heavy atom. The lowest BCUT2D eigenvalue weighted by atomic mass is 10.1. The number of aromatic nitrogens is 1. The van der Waals surface area contributed by atoms with E-state index in [0.717, 1.165) is 6.54 Å². The predicted molar refractivity (Wildman–Crippen MR) is 128 cm³/mol. The van der Waals surface area contributed by atoms with Gasteiger partial charge in [0.05, 0.1) is 0 Å². The molecular formula is C26H33IN2S. The van der Waals surface area contributed by atoms with Gasteiger partial charge in [-0.3, -0.25) is 0 Å². The molecule has 3 aromatic rings. The van der Waals surface area contributed by atoms with E-state index in [1.165, 1.54) is 84.5 Å². The first kappa shape index (κ1) is 23.3. The molecule has 1 aliphatic rings. The van der Waals surface area contributed by atoms with E-state index in [-0.39, 0.29) is 24.0 Å². The Bertz CT molecular complexity index is 957. The van der Waals surface area contributed by atoms with Gasteiger partial charge in [0, 0.05) is 37.3 Å². The number of rotatable bonds is 9. The smallest absolute Gasteiger partial charge is 0.262 e. The van der Waals surface area contributed by atoms with Gasteiger partial charge >= 0.3 is 0 Å². The molecular weight excluding hydrogens is 499 g/mol. The van der Waals surface area contributed by atoms with Crippen molar-refractivity contribution < 1.29 is 28.5 Å². The molecule has 4 heteroatoms. The summed E-state index contributed by atoms with van der Waals surface area (Å²) in [6.07, 6.45) is 13.9. The Morgan fingerprint density at radius 1 is 0.900 bits per heavy atom. The first-order valence-electron chi connectivity index (χ1n) is 11.3. The van der Waals surface area contributed by atoms with E-state index in [2.05, 4.69) is 77.1 Å². The van der Waals surface area contributed by atoms with Crippen LogP contribution in [0.25, 0.3) is 22.4 Å². The molecule has 2 nitrogen and oxygen atoms in total. The second-order valence-electron chi connectivity index (χ2n) is 8.06. The maximum atomic E-state index is 2.53. The van der Waals surface area contributed by atoms with Crippen LogP contribution in [0.1, 0.15) is 62.4 Å². The third-order valence-electron chi connectivity index (χ3n) is 5.91. The van der Waals surface area contributed by atoms with E-state index < -0.39 is 0 Å². The van der Waals surface area contributed by atoms with Gasteiger partial charge in [0.1, 0.15) is 4.70 Å². The Morgan fingerprint density at radius 3 is 2.47 bits per heavy atom. The highest BCUT2D eigenvalue weighted by Gasteiger charge is 2.18. The number of fused-ring (bicyclic) bond motifs is 1. The molecule has 1 saturated heterocycles. The lowest BCUT2D eigenvalue weighted by Gasteiger charge is -2.19. The van der Waals surface area contributed by atoms with Crippen LogP contribution in [0, 0.1) is 0 Å². The van der Waals surface area contributed by atoms with Crippen LogP contribution in [0.5, 0.6) is 0 Å². The molecule has 2 aromatic carbocycles. The van der Waals surface area contributed by atoms with Crippen LogP contribution in [0.2, 0.25) is 0 Å². The van der Waals surface area contributed by atoms with Crippen molar-refractivity contribution in [1.82, 2.24) is 0 Å². The molecule has 1 aliphatic heterocycles. The van der Waals surface area contributed by atoms with Gasteiger partial charge in [0.15, 0.2) is 6.54 Å². The fourth-order valence-electron chi connectivity index (χ4n) is 4.32. The number of hydrogen-bond donors (Lipinski definition) is 0. The van der Waals surface area contributed by atoms with Gasteiger partial charge in [-0.1, -0.05) is 67.9 Å². The Kier molecular flexibility index (Phi) is 9.19. The number of hydrogen-bond acceptors (Lipinski definition) is 2. The maximum Gasteiger partial charge on any atom is 0.262 e. The van der Waals surface area contributed by atoms with E-state index in [9.17, 15) is 0 Å². The van der Waals surface area contributed by atoms with Gasteiger partial charge in [0.2, 0.25) is 5.52 Å². The van der Waals surface area contributed by atoms with Crippen molar-refractivity contribution in [2.24, 2.45) is 0 Å². The summed E-state index contributed by atoms with van der Waals surface area (Å²) in [7, 11) is 0. The molecule has 30 heavy (non-hydrogen) atoms. The standard InChI is InChI=1S/C26H33N2S.HI/c1-2-3-4-5-10-21-28-24-15-8-9-16-25(24)29-26(28)18-17-22-13-6-7-14-23(22)27-19-11-12-20-27;/h6-9,13-18H,2-5,10-12,19-21H2,1H3;1H/q+1;/p-1. The van der Waals surface area contributed by atoms with E-state index in [0.29, 0.717) is 0 Å². The predicted octanol–water partition coefficient (Wildman–Crippen LogP) is 3.93. The minimum absolute atomic E-state index is 0. The summed E-state index contributed by atoms with van der Waals surface area (Å²) in [5.74, 6) is 0. The summed E-state index contributed by atoms with van der Waals surface area (Å²) in [5, 5.41) is 1.36. The molecule has 1 aromatic heterocycles. The van der Waals surface area contributed by atoms with Crippen molar-refractivity contribution in [1.29, 1.82) is 0 Å². The number of para-hydroxylation sites is 2. The number of halogens is 1. The maximum absolute atomic E-state index is 2.53. The Labute approximate surface area is 202 Å². The van der Waals surface area contributed by atoms with Crippen LogP contribution in [0.3, 0.4) is 0 Å². The van der Waals surface area contributed by atoms with Gasteiger partial charge in [-0.2, -0.15) is 4.57 Å².